The fourth-order valence-electron chi connectivity index (χ4n) is 0.227. The number of rotatable bonds is 4. The molecule has 8 nitrogen and oxygen atoms in total. The van der Waals surface area contributed by atoms with E-state index in [1.165, 1.54) is 11.7 Å². The third-order valence-corrected chi connectivity index (χ3v) is 0.636. The highest BCUT2D eigenvalue weighted by Gasteiger charge is 1.93. The lowest BCUT2D eigenvalue weighted by Crippen LogP contribution is -1.72. The molecule has 0 aromatic heterocycles. The fraction of sp³-hybridized carbons (Fsp3) is 0. The van der Waals surface area contributed by atoms with Gasteiger partial charge >= 0.3 is 0 Å². The number of azo groups is 1. The van der Waals surface area contributed by atoms with Gasteiger partial charge in [0.05, 0.1) is 0 Å². The van der Waals surface area contributed by atoms with Gasteiger partial charge in [-0.15, -0.1) is 20.0 Å². The Labute approximate surface area is 65.7 Å². The maximum atomic E-state index is 9.72. The summed E-state index contributed by atoms with van der Waals surface area (Å²) in [5, 5.41) is 23.1. The second-order valence-electron chi connectivity index (χ2n) is 1.28. The average molecular weight is 166 g/mol. The molecule has 0 saturated carbocycles. The number of nitrogens with zero attached hydrogens (tertiary/aromatic N) is 4. The first-order valence-corrected chi connectivity index (χ1v) is 2.46. The van der Waals surface area contributed by atoms with Gasteiger partial charge < -0.3 is 0 Å². The van der Waals surface area contributed by atoms with Crippen LogP contribution in [0.25, 0.3) is 0 Å². The molecule has 0 spiro atoms. The molecule has 60 valence electrons. The van der Waals surface area contributed by atoms with Gasteiger partial charge in [-0.05, 0) is 0 Å². The van der Waals surface area contributed by atoms with Crippen molar-refractivity contribution in [3.63, 3.8) is 0 Å². The SMILES string of the molecule is N=C=C(N=O)/N=N\C(=C=N)N=O. The zero-order valence-electron chi connectivity index (χ0n) is 5.61. The van der Waals surface area contributed by atoms with Gasteiger partial charge in [-0.25, -0.2) is 0 Å². The van der Waals surface area contributed by atoms with Crippen LogP contribution in [0.4, 0.5) is 0 Å². The third kappa shape index (κ3) is 3.02. The Morgan fingerprint density at radius 1 is 0.917 bits per heavy atom. The lowest BCUT2D eigenvalue weighted by molar-refractivity contribution is 1.04. The molecule has 0 fully saturated rings. The molecule has 0 unspecified atom stereocenters. The van der Waals surface area contributed by atoms with Crippen molar-refractivity contribution in [2.75, 3.05) is 0 Å². The number of hydrogen-bond donors (Lipinski definition) is 2. The first-order valence-electron chi connectivity index (χ1n) is 2.46. The standard InChI is InChI=1S/C4H2N6O2/c5-1-3(9-11)7-8-4(2-6)10-12/h5-6H/b8-7-. The van der Waals surface area contributed by atoms with E-state index in [-0.39, 0.29) is 0 Å². The molecule has 0 bridgehead atoms. The van der Waals surface area contributed by atoms with Gasteiger partial charge in [-0.2, -0.15) is 0 Å². The highest BCUT2D eigenvalue weighted by atomic mass is 16.3. The van der Waals surface area contributed by atoms with Crippen LogP contribution in [0.3, 0.4) is 0 Å². The van der Waals surface area contributed by atoms with Crippen molar-refractivity contribution < 1.29 is 0 Å². The van der Waals surface area contributed by atoms with Gasteiger partial charge in [-0.3, -0.25) is 10.8 Å². The van der Waals surface area contributed by atoms with E-state index in [4.69, 9.17) is 10.8 Å². The van der Waals surface area contributed by atoms with E-state index in [1.54, 1.807) is 0 Å². The van der Waals surface area contributed by atoms with E-state index in [0.29, 0.717) is 0 Å². The monoisotopic (exact) mass is 166 g/mol. The Morgan fingerprint density at radius 3 is 1.42 bits per heavy atom. The van der Waals surface area contributed by atoms with Crippen LogP contribution in [0, 0.1) is 20.6 Å². The minimum atomic E-state index is -0.647. The predicted molar refractivity (Wildman–Crippen MR) is 38.9 cm³/mol. The first-order chi connectivity index (χ1) is 5.78. The Morgan fingerprint density at radius 2 is 1.25 bits per heavy atom. The molecule has 0 aliphatic heterocycles. The summed E-state index contributed by atoms with van der Waals surface area (Å²) in [6, 6.07) is 0. The molecule has 0 aliphatic rings. The second kappa shape index (κ2) is 5.48. The summed E-state index contributed by atoms with van der Waals surface area (Å²) in [6.07, 6.45) is 0. The van der Waals surface area contributed by atoms with Gasteiger partial charge in [0.25, 0.3) is 11.6 Å². The van der Waals surface area contributed by atoms with E-state index in [1.807, 2.05) is 0 Å². The van der Waals surface area contributed by atoms with Gasteiger partial charge in [0.15, 0.2) is 0 Å². The second-order valence-corrected chi connectivity index (χ2v) is 1.28. The minimum Gasteiger partial charge on any atom is -0.255 e. The van der Waals surface area contributed by atoms with Crippen LogP contribution in [-0.4, -0.2) is 11.7 Å². The largest absolute Gasteiger partial charge is 0.278 e. The molecular formula is C4H2N6O2. The number of nitroso groups, excluding NO2 is 2. The fourth-order valence-corrected chi connectivity index (χ4v) is 0.227. The lowest BCUT2D eigenvalue weighted by Gasteiger charge is -1.78. The van der Waals surface area contributed by atoms with Crippen LogP contribution >= 0.6 is 0 Å². The highest BCUT2D eigenvalue weighted by Crippen LogP contribution is 1.98. The van der Waals surface area contributed by atoms with Crippen LogP contribution in [0.1, 0.15) is 0 Å². The Bertz CT molecular complexity index is 286. The molecule has 0 heterocycles. The molecule has 0 radical (unpaired) electrons. The van der Waals surface area contributed by atoms with Gasteiger partial charge in [0, 0.05) is 22.1 Å². The van der Waals surface area contributed by atoms with E-state index < -0.39 is 11.6 Å². The predicted octanol–water partition coefficient (Wildman–Crippen LogP) is 1.15. The van der Waals surface area contributed by atoms with Gasteiger partial charge in [0.1, 0.15) is 0 Å². The van der Waals surface area contributed by atoms with Crippen molar-refractivity contribution in [3.05, 3.63) is 21.5 Å². The van der Waals surface area contributed by atoms with E-state index in [9.17, 15) is 9.81 Å². The van der Waals surface area contributed by atoms with Crippen molar-refractivity contribution in [1.29, 1.82) is 10.8 Å². The summed E-state index contributed by atoms with van der Waals surface area (Å²) in [6.45, 7) is 0. The highest BCUT2D eigenvalue weighted by molar-refractivity contribution is 5.54. The molecule has 0 aliphatic carbocycles. The average Bonchev–Trinajstić information content (AvgIpc) is 2.13. The summed E-state index contributed by atoms with van der Waals surface area (Å²) in [7, 11) is 0. The third-order valence-electron chi connectivity index (χ3n) is 0.636. The summed E-state index contributed by atoms with van der Waals surface area (Å²) in [5.74, 6) is 1.78. The molecule has 0 saturated heterocycles. The van der Waals surface area contributed by atoms with Crippen LogP contribution in [0.15, 0.2) is 32.2 Å². The zero-order chi connectivity index (χ0) is 9.40. The molecule has 0 rings (SSSR count). The van der Waals surface area contributed by atoms with Gasteiger partial charge in [0.2, 0.25) is 0 Å². The molecule has 0 atom stereocenters. The smallest absolute Gasteiger partial charge is 0.255 e. The van der Waals surface area contributed by atoms with E-state index in [0.717, 1.165) is 0 Å². The maximum absolute atomic E-state index is 9.72. The Kier molecular flexibility index (Phi) is 4.43. The normalized spacial score (nSPS) is 8.33. The summed E-state index contributed by atoms with van der Waals surface area (Å²) in [4.78, 5) is 19.4. The Hall–Kier alpha value is -2.30. The summed E-state index contributed by atoms with van der Waals surface area (Å²) < 4.78 is 0. The first kappa shape index (κ1) is 9.70. The van der Waals surface area contributed by atoms with Crippen LogP contribution in [0.5, 0.6) is 0 Å². The molecule has 12 heavy (non-hydrogen) atoms. The topological polar surface area (TPSA) is 131 Å². The summed E-state index contributed by atoms with van der Waals surface area (Å²) in [5.41, 5.74) is 0. The molecule has 8 heteroatoms. The van der Waals surface area contributed by atoms with Crippen LogP contribution in [-0.2, 0) is 0 Å². The van der Waals surface area contributed by atoms with Crippen molar-refractivity contribution in [2.24, 2.45) is 20.6 Å². The van der Waals surface area contributed by atoms with Crippen molar-refractivity contribution >= 4 is 11.7 Å². The Balaban J connectivity index is 4.64. The molecule has 2 N–H and O–H groups in total. The maximum Gasteiger partial charge on any atom is 0.278 e. The molecular weight excluding hydrogens is 164 g/mol. The van der Waals surface area contributed by atoms with Crippen LogP contribution in [0.2, 0.25) is 0 Å². The molecule has 0 aromatic rings. The molecule has 0 aromatic carbocycles. The van der Waals surface area contributed by atoms with Crippen molar-refractivity contribution in [1.82, 2.24) is 0 Å². The quantitative estimate of drug-likeness (QED) is 0.368. The number of nitrogens with one attached hydrogen (secondary N) is 2. The summed E-state index contributed by atoms with van der Waals surface area (Å²) >= 11 is 0. The van der Waals surface area contributed by atoms with Gasteiger partial charge in [-0.1, -0.05) is 0 Å². The van der Waals surface area contributed by atoms with E-state index >= 15 is 0 Å². The molecule has 0 amide bonds. The van der Waals surface area contributed by atoms with Crippen molar-refractivity contribution in [3.8, 4) is 0 Å². The minimum absolute atomic E-state index is 0.647. The van der Waals surface area contributed by atoms with E-state index in [2.05, 4.69) is 20.6 Å². The number of hydrogen-bond acceptors (Lipinski definition) is 8. The van der Waals surface area contributed by atoms with Crippen molar-refractivity contribution in [2.45, 2.75) is 0 Å². The zero-order valence-corrected chi connectivity index (χ0v) is 5.61. The van der Waals surface area contributed by atoms with Crippen LogP contribution < -0.4 is 0 Å². The lowest BCUT2D eigenvalue weighted by atomic mass is 10.8.